The van der Waals surface area contributed by atoms with Crippen LogP contribution in [0.3, 0.4) is 0 Å². The molecule has 0 bridgehead atoms. The van der Waals surface area contributed by atoms with Crippen LogP contribution in [-0.2, 0) is 6.42 Å². The van der Waals surface area contributed by atoms with E-state index in [0.717, 1.165) is 33.4 Å². The number of aryl methyl sites for hydroxylation is 2. The Balaban J connectivity index is 2.81. The van der Waals surface area contributed by atoms with E-state index in [1.165, 1.54) is 0 Å². The van der Waals surface area contributed by atoms with Gasteiger partial charge in [0.2, 0.25) is 0 Å². The van der Waals surface area contributed by atoms with Crippen LogP contribution in [0.1, 0.15) is 38.3 Å². The van der Waals surface area contributed by atoms with Gasteiger partial charge in [0, 0.05) is 23.1 Å². The van der Waals surface area contributed by atoms with Crippen LogP contribution < -0.4 is 0 Å². The summed E-state index contributed by atoms with van der Waals surface area (Å²) in [5.74, 6) is 0.914. The topological polar surface area (TPSA) is 30.7 Å². The summed E-state index contributed by atoms with van der Waals surface area (Å²) in [5, 5.41) is 1.13. The van der Waals surface area contributed by atoms with Crippen molar-refractivity contribution >= 4 is 27.0 Å². The Morgan fingerprint density at radius 1 is 1.38 bits per heavy atom. The molecule has 0 aliphatic heterocycles. The van der Waals surface area contributed by atoms with E-state index in [-0.39, 0.29) is 0 Å². The van der Waals surface area contributed by atoms with Gasteiger partial charge in [0.25, 0.3) is 0 Å². The fraction of sp³-hybridized carbons (Fsp3) is 0.500. The summed E-state index contributed by atoms with van der Waals surface area (Å²) >= 11 is 3.58. The number of aromatic nitrogens is 3. The van der Waals surface area contributed by atoms with Crippen LogP contribution in [0, 0.1) is 6.92 Å². The SMILES string of the molecule is CCc1nc(C)c2c(Br)cn(C(C)C)c2n1. The molecule has 0 saturated carbocycles. The second-order valence-corrected chi connectivity index (χ2v) is 5.11. The molecule has 16 heavy (non-hydrogen) atoms. The van der Waals surface area contributed by atoms with E-state index in [9.17, 15) is 0 Å². The summed E-state index contributed by atoms with van der Waals surface area (Å²) in [6, 6.07) is 0.410. The molecule has 3 nitrogen and oxygen atoms in total. The Morgan fingerprint density at radius 2 is 2.06 bits per heavy atom. The monoisotopic (exact) mass is 281 g/mol. The van der Waals surface area contributed by atoms with Crippen molar-refractivity contribution in [3.05, 3.63) is 22.2 Å². The van der Waals surface area contributed by atoms with E-state index in [1.54, 1.807) is 0 Å². The predicted molar refractivity (Wildman–Crippen MR) is 69.7 cm³/mol. The maximum Gasteiger partial charge on any atom is 0.145 e. The Bertz CT molecular complexity index is 529. The van der Waals surface area contributed by atoms with Crippen molar-refractivity contribution in [3.63, 3.8) is 0 Å². The lowest BCUT2D eigenvalue weighted by Crippen LogP contribution is -2.03. The smallest absolute Gasteiger partial charge is 0.145 e. The first kappa shape index (κ1) is 11.6. The van der Waals surface area contributed by atoms with Crippen LogP contribution in [-0.4, -0.2) is 14.5 Å². The third kappa shape index (κ3) is 1.75. The summed E-state index contributed by atoms with van der Waals surface area (Å²) in [4.78, 5) is 9.12. The first-order valence-electron chi connectivity index (χ1n) is 5.58. The van der Waals surface area contributed by atoms with Gasteiger partial charge in [-0.15, -0.1) is 0 Å². The minimum absolute atomic E-state index is 0.410. The van der Waals surface area contributed by atoms with E-state index in [4.69, 9.17) is 0 Å². The van der Waals surface area contributed by atoms with Crippen LogP contribution in [0.15, 0.2) is 10.7 Å². The van der Waals surface area contributed by atoms with E-state index >= 15 is 0 Å². The first-order valence-corrected chi connectivity index (χ1v) is 6.37. The van der Waals surface area contributed by atoms with Crippen LogP contribution >= 0.6 is 15.9 Å². The van der Waals surface area contributed by atoms with E-state index in [1.807, 2.05) is 6.92 Å². The Kier molecular flexibility index (Phi) is 3.02. The average molecular weight is 282 g/mol. The highest BCUT2D eigenvalue weighted by molar-refractivity contribution is 9.10. The molecule has 0 aromatic carbocycles. The molecule has 0 unspecified atom stereocenters. The van der Waals surface area contributed by atoms with Crippen molar-refractivity contribution in [2.75, 3.05) is 0 Å². The van der Waals surface area contributed by atoms with Gasteiger partial charge in [-0.1, -0.05) is 6.92 Å². The molecule has 2 heterocycles. The molecule has 0 amide bonds. The van der Waals surface area contributed by atoms with Crippen molar-refractivity contribution in [1.29, 1.82) is 0 Å². The van der Waals surface area contributed by atoms with Gasteiger partial charge in [0.15, 0.2) is 0 Å². The van der Waals surface area contributed by atoms with Crippen LogP contribution in [0.5, 0.6) is 0 Å². The number of fused-ring (bicyclic) bond motifs is 1. The van der Waals surface area contributed by atoms with E-state index in [0.29, 0.717) is 6.04 Å². The molecular weight excluding hydrogens is 266 g/mol. The summed E-state index contributed by atoms with van der Waals surface area (Å²) in [5.41, 5.74) is 2.08. The first-order chi connectivity index (χ1) is 7.54. The van der Waals surface area contributed by atoms with Gasteiger partial charge in [0.05, 0.1) is 11.1 Å². The molecule has 4 heteroatoms. The van der Waals surface area contributed by atoms with Gasteiger partial charge in [-0.3, -0.25) is 0 Å². The Labute approximate surface area is 104 Å². The highest BCUT2D eigenvalue weighted by Gasteiger charge is 2.14. The standard InChI is InChI=1S/C12H16BrN3/c1-5-10-14-8(4)11-9(13)6-16(7(2)3)12(11)15-10/h6-7H,5H2,1-4H3. The molecule has 0 saturated heterocycles. The van der Waals surface area contributed by atoms with E-state index in [2.05, 4.69) is 57.4 Å². The molecule has 2 aromatic heterocycles. The summed E-state index contributed by atoms with van der Waals surface area (Å²) in [7, 11) is 0. The molecule has 0 fully saturated rings. The van der Waals surface area contributed by atoms with Crippen molar-refractivity contribution in [2.24, 2.45) is 0 Å². The third-order valence-corrected chi connectivity index (χ3v) is 3.33. The lowest BCUT2D eigenvalue weighted by atomic mass is 10.3. The fourth-order valence-electron chi connectivity index (χ4n) is 1.88. The zero-order chi connectivity index (χ0) is 11.9. The van der Waals surface area contributed by atoms with Crippen molar-refractivity contribution in [1.82, 2.24) is 14.5 Å². The van der Waals surface area contributed by atoms with Gasteiger partial charge in [-0.2, -0.15) is 0 Å². The Morgan fingerprint density at radius 3 is 2.62 bits per heavy atom. The zero-order valence-electron chi connectivity index (χ0n) is 10.1. The zero-order valence-corrected chi connectivity index (χ0v) is 11.7. The second-order valence-electron chi connectivity index (χ2n) is 4.26. The van der Waals surface area contributed by atoms with Gasteiger partial charge in [-0.25, -0.2) is 9.97 Å². The van der Waals surface area contributed by atoms with E-state index < -0.39 is 0 Å². The molecule has 0 N–H and O–H groups in total. The predicted octanol–water partition coefficient (Wildman–Crippen LogP) is 3.65. The van der Waals surface area contributed by atoms with Crippen molar-refractivity contribution < 1.29 is 0 Å². The number of halogens is 1. The lowest BCUT2D eigenvalue weighted by molar-refractivity contribution is 0.615. The van der Waals surface area contributed by atoms with Crippen molar-refractivity contribution in [3.8, 4) is 0 Å². The number of hydrogen-bond acceptors (Lipinski definition) is 2. The molecule has 0 atom stereocenters. The van der Waals surface area contributed by atoms with Gasteiger partial charge < -0.3 is 4.57 Å². The summed E-state index contributed by atoms with van der Waals surface area (Å²) in [6.45, 7) is 8.45. The molecule has 0 spiro atoms. The summed E-state index contributed by atoms with van der Waals surface area (Å²) in [6.07, 6.45) is 2.97. The number of hydrogen-bond donors (Lipinski definition) is 0. The lowest BCUT2D eigenvalue weighted by Gasteiger charge is -2.09. The number of nitrogens with zero attached hydrogens (tertiary/aromatic N) is 3. The van der Waals surface area contributed by atoms with Crippen LogP contribution in [0.25, 0.3) is 11.0 Å². The van der Waals surface area contributed by atoms with Crippen LogP contribution in [0.2, 0.25) is 0 Å². The highest BCUT2D eigenvalue weighted by atomic mass is 79.9. The third-order valence-electron chi connectivity index (χ3n) is 2.73. The fourth-order valence-corrected chi connectivity index (χ4v) is 2.57. The number of rotatable bonds is 2. The van der Waals surface area contributed by atoms with Crippen LogP contribution in [0.4, 0.5) is 0 Å². The van der Waals surface area contributed by atoms with Gasteiger partial charge in [-0.05, 0) is 36.7 Å². The normalized spacial score (nSPS) is 11.6. The second kappa shape index (κ2) is 4.17. The summed E-state index contributed by atoms with van der Waals surface area (Å²) < 4.78 is 3.27. The quantitative estimate of drug-likeness (QED) is 0.841. The minimum Gasteiger partial charge on any atom is -0.329 e. The highest BCUT2D eigenvalue weighted by Crippen LogP contribution is 2.29. The molecule has 0 radical (unpaired) electrons. The average Bonchev–Trinajstić information content (AvgIpc) is 2.56. The molecule has 0 aliphatic carbocycles. The molecular formula is C12H16BrN3. The van der Waals surface area contributed by atoms with Crippen molar-refractivity contribution in [2.45, 2.75) is 40.2 Å². The Hall–Kier alpha value is -0.900. The molecule has 2 rings (SSSR count). The maximum absolute atomic E-state index is 4.62. The maximum atomic E-state index is 4.62. The minimum atomic E-state index is 0.410. The molecule has 2 aromatic rings. The molecule has 0 aliphatic rings. The molecule has 86 valence electrons. The van der Waals surface area contributed by atoms with Gasteiger partial charge in [0.1, 0.15) is 11.5 Å². The van der Waals surface area contributed by atoms with Gasteiger partial charge >= 0.3 is 0 Å². The largest absolute Gasteiger partial charge is 0.329 e.